The van der Waals surface area contributed by atoms with Crippen molar-refractivity contribution in [3.05, 3.63) is 52.6 Å². The lowest BCUT2D eigenvalue weighted by molar-refractivity contribution is -0.139. The molecule has 0 spiro atoms. The lowest BCUT2D eigenvalue weighted by Gasteiger charge is -2.13. The maximum absolute atomic E-state index is 14.3. The highest BCUT2D eigenvalue weighted by molar-refractivity contribution is 5.51. The zero-order valence-electron chi connectivity index (χ0n) is 11.7. The van der Waals surface area contributed by atoms with Crippen LogP contribution in [0, 0.1) is 17.1 Å². The molecule has 0 aliphatic heterocycles. The first kappa shape index (κ1) is 16.4. The van der Waals surface area contributed by atoms with Crippen molar-refractivity contribution in [2.75, 3.05) is 0 Å². The van der Waals surface area contributed by atoms with E-state index >= 15 is 0 Å². The number of fused-ring (bicyclic) bond motifs is 1. The van der Waals surface area contributed by atoms with E-state index in [1.54, 1.807) is 0 Å². The summed E-state index contributed by atoms with van der Waals surface area (Å²) in [5.41, 5.74) is -4.21. The Labute approximate surface area is 131 Å². The van der Waals surface area contributed by atoms with Crippen molar-refractivity contribution in [3.8, 4) is 11.8 Å². The first-order valence-electron chi connectivity index (χ1n) is 6.66. The van der Waals surface area contributed by atoms with Crippen LogP contribution in [0.1, 0.15) is 34.7 Å². The van der Waals surface area contributed by atoms with E-state index in [0.29, 0.717) is 10.8 Å². The number of nitrogens with zero attached hydrogens (tertiary/aromatic N) is 2. The van der Waals surface area contributed by atoms with Crippen molar-refractivity contribution in [1.29, 1.82) is 5.26 Å². The molecule has 3 atom stereocenters. The molecule has 0 amide bonds. The van der Waals surface area contributed by atoms with E-state index in [9.17, 15) is 31.4 Å². The predicted octanol–water partition coefficient (Wildman–Crippen LogP) is 3.90. The van der Waals surface area contributed by atoms with Crippen LogP contribution in [0.3, 0.4) is 0 Å². The third kappa shape index (κ3) is 2.17. The maximum atomic E-state index is 14.3. The molecule has 0 bridgehead atoms. The van der Waals surface area contributed by atoms with Gasteiger partial charge in [-0.3, -0.25) is 0 Å². The largest absolute Gasteiger partial charge is 0.418 e. The summed E-state index contributed by atoms with van der Waals surface area (Å²) in [6.45, 7) is 0. The second kappa shape index (κ2) is 5.27. The van der Waals surface area contributed by atoms with Gasteiger partial charge >= 0.3 is 6.18 Å². The Morgan fingerprint density at radius 1 is 1.21 bits per heavy atom. The Kier molecular flexibility index (Phi) is 3.60. The first-order valence-corrected chi connectivity index (χ1v) is 6.66. The van der Waals surface area contributed by atoms with Crippen molar-refractivity contribution in [3.63, 3.8) is 0 Å². The molecule has 1 aromatic heterocycles. The minimum absolute atomic E-state index is 0.395. The van der Waals surface area contributed by atoms with E-state index < -0.39 is 58.5 Å². The van der Waals surface area contributed by atoms with Gasteiger partial charge in [0.2, 0.25) is 0 Å². The van der Waals surface area contributed by atoms with E-state index in [2.05, 4.69) is 0 Å². The molecule has 3 rings (SSSR count). The highest BCUT2D eigenvalue weighted by Gasteiger charge is 2.50. The second-order valence-corrected chi connectivity index (χ2v) is 5.25. The van der Waals surface area contributed by atoms with Crippen LogP contribution in [0.25, 0.3) is 5.69 Å². The molecule has 1 aliphatic rings. The number of rotatable bonds is 1. The van der Waals surface area contributed by atoms with Crippen LogP contribution in [0.4, 0.5) is 26.3 Å². The number of alkyl halides is 5. The fraction of sp³-hybridized carbons (Fsp3) is 0.267. The summed E-state index contributed by atoms with van der Waals surface area (Å²) >= 11 is 0. The van der Waals surface area contributed by atoms with Gasteiger partial charge in [0.25, 0.3) is 0 Å². The zero-order chi connectivity index (χ0) is 17.8. The molecule has 2 aromatic rings. The number of aromatic nitrogens is 1. The van der Waals surface area contributed by atoms with E-state index in [1.807, 2.05) is 0 Å². The van der Waals surface area contributed by atoms with Gasteiger partial charge in [0, 0.05) is 11.8 Å². The average molecular weight is 346 g/mol. The molecular weight excluding hydrogens is 338 g/mol. The summed E-state index contributed by atoms with van der Waals surface area (Å²) in [4.78, 5) is 0. The topological polar surface area (TPSA) is 49.0 Å². The predicted molar refractivity (Wildman–Crippen MR) is 69.1 cm³/mol. The molecule has 1 N–H and O–H groups in total. The zero-order valence-corrected chi connectivity index (χ0v) is 11.7. The minimum Gasteiger partial charge on any atom is -0.385 e. The number of aliphatic hydroxyl groups is 1. The molecule has 1 heterocycles. The Balaban J connectivity index is 2.33. The lowest BCUT2D eigenvalue weighted by Crippen LogP contribution is -2.15. The third-order valence-corrected chi connectivity index (χ3v) is 3.89. The summed E-state index contributed by atoms with van der Waals surface area (Å²) in [6, 6.07) is 4.83. The van der Waals surface area contributed by atoms with Crippen molar-refractivity contribution < 1.29 is 31.4 Å². The van der Waals surface area contributed by atoms with Crippen LogP contribution >= 0.6 is 0 Å². The van der Waals surface area contributed by atoms with Gasteiger partial charge in [-0.1, -0.05) is 6.07 Å². The Morgan fingerprint density at radius 3 is 2.46 bits per heavy atom. The first-order chi connectivity index (χ1) is 11.2. The number of benzene rings is 1. The van der Waals surface area contributed by atoms with Gasteiger partial charge in [-0.2, -0.15) is 18.4 Å². The monoisotopic (exact) mass is 346 g/mol. The lowest BCUT2D eigenvalue weighted by atomic mass is 10.1. The molecule has 9 heteroatoms. The van der Waals surface area contributed by atoms with Gasteiger partial charge < -0.3 is 9.67 Å². The van der Waals surface area contributed by atoms with Crippen molar-refractivity contribution >= 4 is 0 Å². The SMILES string of the molecule is N#Cc1cccc(-n2cc(C(F)(F)F)c3c2[C@@H](F)[C@@H](F)[C@H]3O)c1F. The number of nitriles is 1. The molecule has 0 saturated heterocycles. The molecule has 126 valence electrons. The van der Waals surface area contributed by atoms with Gasteiger partial charge in [-0.05, 0) is 12.1 Å². The van der Waals surface area contributed by atoms with Gasteiger partial charge in [-0.25, -0.2) is 13.2 Å². The molecule has 0 saturated carbocycles. The molecule has 24 heavy (non-hydrogen) atoms. The summed E-state index contributed by atoms with van der Waals surface area (Å²) in [6.07, 6.45) is -12.1. The number of hydrogen-bond donors (Lipinski definition) is 1. The van der Waals surface area contributed by atoms with Gasteiger partial charge in [-0.15, -0.1) is 0 Å². The van der Waals surface area contributed by atoms with Gasteiger partial charge in [0.15, 0.2) is 18.2 Å². The smallest absolute Gasteiger partial charge is 0.385 e. The van der Waals surface area contributed by atoms with Crippen LogP contribution in [0.2, 0.25) is 0 Å². The van der Waals surface area contributed by atoms with Crippen LogP contribution in [0.15, 0.2) is 24.4 Å². The standard InChI is InChI=1S/C15H8F6N2O/c16-10-6(4-22)2-1-3-8(10)23-5-7(15(19,20)21)9-13(23)11(17)12(18)14(9)24/h1-3,5,11-12,14,24H/t11-,12+,14-/m0/s1. The average Bonchev–Trinajstić information content (AvgIpc) is 3.01. The normalized spacial score (nSPS) is 23.2. The fourth-order valence-corrected chi connectivity index (χ4v) is 2.82. The molecule has 0 radical (unpaired) electrons. The Bertz CT molecular complexity index is 851. The van der Waals surface area contributed by atoms with E-state index in [0.717, 1.165) is 12.1 Å². The summed E-state index contributed by atoms with van der Waals surface area (Å²) < 4.78 is 81.9. The van der Waals surface area contributed by atoms with E-state index in [-0.39, 0.29) is 0 Å². The number of aliphatic hydroxyl groups excluding tert-OH is 1. The molecule has 3 nitrogen and oxygen atoms in total. The minimum atomic E-state index is -5.00. The van der Waals surface area contributed by atoms with Crippen LogP contribution in [-0.2, 0) is 6.18 Å². The molecule has 0 unspecified atom stereocenters. The molecule has 1 aliphatic carbocycles. The Morgan fingerprint density at radius 2 is 1.88 bits per heavy atom. The number of halogens is 6. The van der Waals surface area contributed by atoms with Crippen molar-refractivity contribution in [2.45, 2.75) is 24.6 Å². The van der Waals surface area contributed by atoms with Crippen LogP contribution in [-0.4, -0.2) is 15.8 Å². The highest BCUT2D eigenvalue weighted by atomic mass is 19.4. The van der Waals surface area contributed by atoms with E-state index in [1.165, 1.54) is 12.1 Å². The van der Waals surface area contributed by atoms with E-state index in [4.69, 9.17) is 5.26 Å². The fourth-order valence-electron chi connectivity index (χ4n) is 2.82. The van der Waals surface area contributed by atoms with Crippen molar-refractivity contribution in [2.24, 2.45) is 0 Å². The quantitative estimate of drug-likeness (QED) is 0.796. The molecule has 0 fully saturated rings. The molecule has 1 aromatic carbocycles. The van der Waals surface area contributed by atoms with Gasteiger partial charge in [0.1, 0.15) is 12.2 Å². The summed E-state index contributed by atoms with van der Waals surface area (Å²) in [7, 11) is 0. The third-order valence-electron chi connectivity index (χ3n) is 3.89. The highest BCUT2D eigenvalue weighted by Crippen LogP contribution is 2.50. The van der Waals surface area contributed by atoms with Crippen LogP contribution < -0.4 is 0 Å². The Hall–Kier alpha value is -2.47. The number of hydrogen-bond acceptors (Lipinski definition) is 2. The summed E-state index contributed by atoms with van der Waals surface area (Å²) in [5.74, 6) is -1.17. The van der Waals surface area contributed by atoms with Crippen LogP contribution in [0.5, 0.6) is 0 Å². The van der Waals surface area contributed by atoms with Crippen molar-refractivity contribution in [1.82, 2.24) is 4.57 Å². The summed E-state index contributed by atoms with van der Waals surface area (Å²) in [5, 5.41) is 18.4. The van der Waals surface area contributed by atoms with Gasteiger partial charge in [0.05, 0.1) is 22.5 Å². The maximum Gasteiger partial charge on any atom is 0.418 e. The second-order valence-electron chi connectivity index (χ2n) is 5.25. The molecular formula is C15H8F6N2O.